The van der Waals surface area contributed by atoms with Gasteiger partial charge >= 0.3 is 0 Å². The number of piperidine rings is 1. The van der Waals surface area contributed by atoms with E-state index >= 15 is 0 Å². The highest BCUT2D eigenvalue weighted by molar-refractivity contribution is 7.12. The number of amides is 1. The van der Waals surface area contributed by atoms with Gasteiger partial charge in [0.25, 0.3) is 5.91 Å². The van der Waals surface area contributed by atoms with E-state index in [-0.39, 0.29) is 24.4 Å². The van der Waals surface area contributed by atoms with Gasteiger partial charge in [0.15, 0.2) is 0 Å². The quantitative estimate of drug-likeness (QED) is 0.900. The van der Waals surface area contributed by atoms with Crippen molar-refractivity contribution in [3.63, 3.8) is 0 Å². The van der Waals surface area contributed by atoms with E-state index in [0.717, 1.165) is 24.3 Å². The van der Waals surface area contributed by atoms with Crippen LogP contribution in [0, 0.1) is 5.92 Å². The largest absolute Gasteiger partial charge is 0.334 e. The first-order chi connectivity index (χ1) is 7.72. The Bertz CT molecular complexity index is 355. The van der Waals surface area contributed by atoms with E-state index in [1.54, 1.807) is 0 Å². The number of carbonyl (C=O) groups is 1. The molecule has 1 aromatic rings. The van der Waals surface area contributed by atoms with E-state index in [1.807, 2.05) is 22.4 Å². The molecule has 1 aliphatic heterocycles. The zero-order chi connectivity index (χ0) is 11.5. The van der Waals surface area contributed by atoms with Crippen molar-refractivity contribution < 1.29 is 4.79 Å². The third kappa shape index (κ3) is 3.21. The van der Waals surface area contributed by atoms with Crippen LogP contribution in [-0.2, 0) is 0 Å². The molecule has 2 unspecified atom stereocenters. The summed E-state index contributed by atoms with van der Waals surface area (Å²) in [5, 5.41) is 1.94. The van der Waals surface area contributed by atoms with Gasteiger partial charge in [-0.25, -0.2) is 0 Å². The summed E-state index contributed by atoms with van der Waals surface area (Å²) in [5.41, 5.74) is 5.76. The molecule has 1 amide bonds. The Balaban J connectivity index is 0.00000144. The molecular weight excluding hydrogens is 256 g/mol. The molecule has 3 nitrogen and oxygen atoms in total. The molecule has 2 atom stereocenters. The number of nitrogens with two attached hydrogens (primary N) is 1. The van der Waals surface area contributed by atoms with Crippen molar-refractivity contribution in [2.24, 2.45) is 11.7 Å². The van der Waals surface area contributed by atoms with Crippen LogP contribution in [0.4, 0.5) is 0 Å². The van der Waals surface area contributed by atoms with Gasteiger partial charge in [0, 0.05) is 19.1 Å². The standard InChI is InChI=1S/C12H18N2OS.ClH/c1-9-4-5-14(10(7-9)8-13)12(15)11-3-2-6-16-11;/h2-3,6,9-10H,4-5,7-8,13H2,1H3;1H. The summed E-state index contributed by atoms with van der Waals surface area (Å²) >= 11 is 1.51. The van der Waals surface area contributed by atoms with Crippen LogP contribution in [0.25, 0.3) is 0 Å². The Morgan fingerprint density at radius 2 is 2.41 bits per heavy atom. The Morgan fingerprint density at radius 1 is 1.65 bits per heavy atom. The van der Waals surface area contributed by atoms with Gasteiger partial charge in [-0.1, -0.05) is 13.0 Å². The summed E-state index contributed by atoms with van der Waals surface area (Å²) in [6.07, 6.45) is 2.13. The number of likely N-dealkylation sites (tertiary alicyclic amines) is 1. The van der Waals surface area contributed by atoms with E-state index in [2.05, 4.69) is 6.92 Å². The number of halogens is 1. The lowest BCUT2D eigenvalue weighted by atomic mass is 9.92. The molecule has 2 heterocycles. The first-order valence-corrected chi connectivity index (χ1v) is 6.65. The van der Waals surface area contributed by atoms with Crippen molar-refractivity contribution in [1.82, 2.24) is 4.90 Å². The lowest BCUT2D eigenvalue weighted by Gasteiger charge is -2.37. The molecule has 0 aromatic carbocycles. The summed E-state index contributed by atoms with van der Waals surface area (Å²) in [7, 11) is 0. The van der Waals surface area contributed by atoms with Crippen molar-refractivity contribution in [3.8, 4) is 0 Å². The molecule has 1 aliphatic rings. The van der Waals surface area contributed by atoms with E-state index in [9.17, 15) is 4.79 Å². The fraction of sp³-hybridized carbons (Fsp3) is 0.583. The van der Waals surface area contributed by atoms with Crippen LogP contribution in [0.3, 0.4) is 0 Å². The maximum atomic E-state index is 12.2. The lowest BCUT2D eigenvalue weighted by Crippen LogP contribution is -2.49. The number of thiophene rings is 1. The second kappa shape index (κ2) is 6.38. The van der Waals surface area contributed by atoms with Gasteiger partial charge in [0.2, 0.25) is 0 Å². The minimum absolute atomic E-state index is 0. The maximum Gasteiger partial charge on any atom is 0.264 e. The number of nitrogens with zero attached hydrogens (tertiary/aromatic N) is 1. The zero-order valence-electron chi connectivity index (χ0n) is 9.96. The molecule has 2 rings (SSSR count). The maximum absolute atomic E-state index is 12.2. The molecule has 1 saturated heterocycles. The first-order valence-electron chi connectivity index (χ1n) is 5.77. The second-order valence-corrected chi connectivity index (χ2v) is 5.44. The topological polar surface area (TPSA) is 46.3 Å². The molecule has 0 bridgehead atoms. The van der Waals surface area contributed by atoms with Crippen LogP contribution in [0.15, 0.2) is 17.5 Å². The van der Waals surface area contributed by atoms with Crippen LogP contribution >= 0.6 is 23.7 Å². The van der Waals surface area contributed by atoms with Crippen LogP contribution < -0.4 is 5.73 Å². The molecule has 2 N–H and O–H groups in total. The molecule has 5 heteroatoms. The lowest BCUT2D eigenvalue weighted by molar-refractivity contribution is 0.0578. The number of carbonyl (C=O) groups excluding carboxylic acids is 1. The van der Waals surface area contributed by atoms with E-state index in [4.69, 9.17) is 5.73 Å². The molecular formula is C12H19ClN2OS. The smallest absolute Gasteiger partial charge is 0.264 e. The predicted molar refractivity (Wildman–Crippen MR) is 73.8 cm³/mol. The Hall–Kier alpha value is -0.580. The average molecular weight is 275 g/mol. The van der Waals surface area contributed by atoms with E-state index in [0.29, 0.717) is 12.5 Å². The second-order valence-electron chi connectivity index (χ2n) is 4.49. The molecule has 0 saturated carbocycles. The van der Waals surface area contributed by atoms with Crippen molar-refractivity contribution in [3.05, 3.63) is 22.4 Å². The molecule has 0 aliphatic carbocycles. The molecule has 96 valence electrons. The van der Waals surface area contributed by atoms with Gasteiger partial charge in [-0.2, -0.15) is 0 Å². The van der Waals surface area contributed by atoms with E-state index in [1.165, 1.54) is 11.3 Å². The first kappa shape index (κ1) is 14.5. The Labute approximate surface area is 112 Å². The number of rotatable bonds is 2. The van der Waals surface area contributed by atoms with Crippen molar-refractivity contribution in [1.29, 1.82) is 0 Å². The number of hydrogen-bond acceptors (Lipinski definition) is 3. The SMILES string of the molecule is CC1CCN(C(=O)c2cccs2)C(CN)C1.Cl. The Kier molecular flexibility index (Phi) is 5.43. The molecule has 17 heavy (non-hydrogen) atoms. The van der Waals surface area contributed by atoms with Crippen LogP contribution in [0.5, 0.6) is 0 Å². The fourth-order valence-electron chi connectivity index (χ4n) is 2.28. The fourth-order valence-corrected chi connectivity index (χ4v) is 2.96. The minimum atomic E-state index is 0. The normalized spacial score (nSPS) is 24.2. The summed E-state index contributed by atoms with van der Waals surface area (Å²) in [6, 6.07) is 4.03. The van der Waals surface area contributed by atoms with Gasteiger partial charge in [0.05, 0.1) is 4.88 Å². The monoisotopic (exact) mass is 274 g/mol. The third-order valence-corrected chi connectivity index (χ3v) is 4.10. The third-order valence-electron chi connectivity index (χ3n) is 3.24. The summed E-state index contributed by atoms with van der Waals surface area (Å²) in [6.45, 7) is 3.65. The van der Waals surface area contributed by atoms with Gasteiger partial charge in [-0.05, 0) is 30.2 Å². The van der Waals surface area contributed by atoms with Crippen LogP contribution in [0.2, 0.25) is 0 Å². The number of hydrogen-bond donors (Lipinski definition) is 1. The molecule has 0 spiro atoms. The summed E-state index contributed by atoms with van der Waals surface area (Å²) in [4.78, 5) is 15.0. The van der Waals surface area contributed by atoms with Gasteiger partial charge in [0.1, 0.15) is 0 Å². The van der Waals surface area contributed by atoms with E-state index < -0.39 is 0 Å². The molecule has 1 aromatic heterocycles. The van der Waals surface area contributed by atoms with Gasteiger partial charge in [-0.15, -0.1) is 23.7 Å². The predicted octanol–water partition coefficient (Wildman–Crippen LogP) is 2.37. The zero-order valence-corrected chi connectivity index (χ0v) is 11.6. The van der Waals surface area contributed by atoms with Crippen LogP contribution in [-0.4, -0.2) is 29.9 Å². The molecule has 0 radical (unpaired) electrons. The van der Waals surface area contributed by atoms with Gasteiger partial charge in [-0.3, -0.25) is 4.79 Å². The highest BCUT2D eigenvalue weighted by atomic mass is 35.5. The summed E-state index contributed by atoms with van der Waals surface area (Å²) in [5.74, 6) is 0.832. The Morgan fingerprint density at radius 3 is 3.00 bits per heavy atom. The van der Waals surface area contributed by atoms with Gasteiger partial charge < -0.3 is 10.6 Å². The molecule has 1 fully saturated rings. The van der Waals surface area contributed by atoms with Crippen molar-refractivity contribution in [2.45, 2.75) is 25.8 Å². The highest BCUT2D eigenvalue weighted by Crippen LogP contribution is 2.24. The summed E-state index contributed by atoms with van der Waals surface area (Å²) < 4.78 is 0. The van der Waals surface area contributed by atoms with Crippen molar-refractivity contribution in [2.75, 3.05) is 13.1 Å². The van der Waals surface area contributed by atoms with Crippen molar-refractivity contribution >= 4 is 29.7 Å². The minimum Gasteiger partial charge on any atom is -0.334 e. The average Bonchev–Trinajstić information content (AvgIpc) is 2.81. The highest BCUT2D eigenvalue weighted by Gasteiger charge is 2.29. The van der Waals surface area contributed by atoms with Crippen LogP contribution in [0.1, 0.15) is 29.4 Å².